The van der Waals surface area contributed by atoms with Crippen molar-refractivity contribution in [3.8, 4) is 11.5 Å². The lowest BCUT2D eigenvalue weighted by molar-refractivity contribution is -0.122. The maximum atomic E-state index is 11.0. The SMILES string of the molecule is CCNCc1cccc(OC)c1OCC(C)C(N)=O. The van der Waals surface area contributed by atoms with Crippen molar-refractivity contribution < 1.29 is 14.3 Å². The van der Waals surface area contributed by atoms with Gasteiger partial charge in [-0.15, -0.1) is 0 Å². The number of hydrogen-bond acceptors (Lipinski definition) is 4. The van der Waals surface area contributed by atoms with Crippen LogP contribution in [0.1, 0.15) is 19.4 Å². The van der Waals surface area contributed by atoms with E-state index in [1.165, 1.54) is 0 Å². The molecule has 0 saturated heterocycles. The lowest BCUT2D eigenvalue weighted by atomic mass is 10.1. The molecule has 0 aliphatic heterocycles. The number of primary amides is 1. The number of carbonyl (C=O) groups excluding carboxylic acids is 1. The zero-order chi connectivity index (χ0) is 14.3. The maximum absolute atomic E-state index is 11.0. The molecule has 1 aromatic carbocycles. The van der Waals surface area contributed by atoms with Gasteiger partial charge in [0.15, 0.2) is 11.5 Å². The summed E-state index contributed by atoms with van der Waals surface area (Å²) in [6.07, 6.45) is 0. The number of para-hydroxylation sites is 1. The summed E-state index contributed by atoms with van der Waals surface area (Å²) in [6.45, 7) is 5.58. The summed E-state index contributed by atoms with van der Waals surface area (Å²) < 4.78 is 11.0. The quantitative estimate of drug-likeness (QED) is 0.744. The van der Waals surface area contributed by atoms with Gasteiger partial charge in [0.05, 0.1) is 19.6 Å². The molecule has 1 rings (SSSR count). The van der Waals surface area contributed by atoms with E-state index in [-0.39, 0.29) is 18.4 Å². The minimum Gasteiger partial charge on any atom is -0.493 e. The minimum atomic E-state index is -0.372. The van der Waals surface area contributed by atoms with E-state index in [1.54, 1.807) is 14.0 Å². The van der Waals surface area contributed by atoms with Crippen molar-refractivity contribution in [1.29, 1.82) is 0 Å². The van der Waals surface area contributed by atoms with Gasteiger partial charge in [-0.25, -0.2) is 0 Å². The first-order chi connectivity index (χ1) is 9.10. The third-order valence-electron chi connectivity index (χ3n) is 2.81. The van der Waals surface area contributed by atoms with E-state index in [0.29, 0.717) is 18.0 Å². The summed E-state index contributed by atoms with van der Waals surface area (Å²) in [5.74, 6) is 0.617. The number of methoxy groups -OCH3 is 1. The Labute approximate surface area is 114 Å². The molecule has 0 saturated carbocycles. The second-order valence-electron chi connectivity index (χ2n) is 4.34. The van der Waals surface area contributed by atoms with Gasteiger partial charge in [0.1, 0.15) is 0 Å². The Hall–Kier alpha value is -1.75. The summed E-state index contributed by atoms with van der Waals surface area (Å²) in [5, 5.41) is 3.24. The first kappa shape index (κ1) is 15.3. The van der Waals surface area contributed by atoms with Crippen LogP contribution in [0.5, 0.6) is 11.5 Å². The Morgan fingerprint density at radius 3 is 2.79 bits per heavy atom. The standard InChI is InChI=1S/C14H22N2O3/c1-4-16-8-11-6-5-7-12(18-3)13(11)19-9-10(2)14(15)17/h5-7,10,16H,4,8-9H2,1-3H3,(H2,15,17). The predicted octanol–water partition coefficient (Wildman–Crippen LogP) is 1.30. The van der Waals surface area contributed by atoms with E-state index in [2.05, 4.69) is 5.32 Å². The smallest absolute Gasteiger partial charge is 0.223 e. The molecule has 0 bridgehead atoms. The third kappa shape index (κ3) is 4.44. The molecule has 0 fully saturated rings. The molecule has 5 nitrogen and oxygen atoms in total. The molecular weight excluding hydrogens is 244 g/mol. The zero-order valence-electron chi connectivity index (χ0n) is 11.7. The summed E-state index contributed by atoms with van der Waals surface area (Å²) in [4.78, 5) is 11.0. The molecule has 0 spiro atoms. The molecule has 1 unspecified atom stereocenters. The molecule has 1 atom stereocenters. The highest BCUT2D eigenvalue weighted by atomic mass is 16.5. The van der Waals surface area contributed by atoms with Crippen LogP contribution in [0.2, 0.25) is 0 Å². The zero-order valence-corrected chi connectivity index (χ0v) is 11.7. The summed E-state index contributed by atoms with van der Waals surface area (Å²) >= 11 is 0. The Kier molecular flexibility index (Phi) is 6.15. The molecule has 0 radical (unpaired) electrons. The van der Waals surface area contributed by atoms with Crippen molar-refractivity contribution in [3.05, 3.63) is 23.8 Å². The summed E-state index contributed by atoms with van der Waals surface area (Å²) in [6, 6.07) is 5.71. The van der Waals surface area contributed by atoms with Gasteiger partial charge in [-0.05, 0) is 12.6 Å². The molecule has 3 N–H and O–H groups in total. The van der Waals surface area contributed by atoms with Crippen LogP contribution in [-0.2, 0) is 11.3 Å². The number of nitrogens with two attached hydrogens (primary N) is 1. The largest absolute Gasteiger partial charge is 0.493 e. The highest BCUT2D eigenvalue weighted by Gasteiger charge is 2.14. The number of benzene rings is 1. The third-order valence-corrected chi connectivity index (χ3v) is 2.81. The predicted molar refractivity (Wildman–Crippen MR) is 74.2 cm³/mol. The first-order valence-electron chi connectivity index (χ1n) is 6.38. The Bertz CT molecular complexity index is 421. The second-order valence-corrected chi connectivity index (χ2v) is 4.34. The van der Waals surface area contributed by atoms with Crippen LogP contribution in [-0.4, -0.2) is 26.2 Å². The fraction of sp³-hybridized carbons (Fsp3) is 0.500. The van der Waals surface area contributed by atoms with Crippen LogP contribution in [0, 0.1) is 5.92 Å². The molecule has 0 aromatic heterocycles. The fourth-order valence-electron chi connectivity index (χ4n) is 1.58. The topological polar surface area (TPSA) is 73.6 Å². The molecule has 0 aliphatic rings. The van der Waals surface area contributed by atoms with Gasteiger partial charge in [0.25, 0.3) is 0 Å². The van der Waals surface area contributed by atoms with Crippen LogP contribution in [0.3, 0.4) is 0 Å². The fourth-order valence-corrected chi connectivity index (χ4v) is 1.58. The van der Waals surface area contributed by atoms with Crippen LogP contribution < -0.4 is 20.5 Å². The molecule has 5 heteroatoms. The van der Waals surface area contributed by atoms with Crippen LogP contribution >= 0.6 is 0 Å². The van der Waals surface area contributed by atoms with Crippen molar-refractivity contribution in [2.75, 3.05) is 20.3 Å². The van der Waals surface area contributed by atoms with Gasteiger partial charge in [-0.2, -0.15) is 0 Å². The molecule has 19 heavy (non-hydrogen) atoms. The number of rotatable bonds is 8. The highest BCUT2D eigenvalue weighted by Crippen LogP contribution is 2.31. The van der Waals surface area contributed by atoms with E-state index < -0.39 is 0 Å². The van der Waals surface area contributed by atoms with Gasteiger partial charge in [0, 0.05) is 12.1 Å². The average molecular weight is 266 g/mol. The van der Waals surface area contributed by atoms with Gasteiger partial charge in [-0.1, -0.05) is 26.0 Å². The molecule has 106 valence electrons. The van der Waals surface area contributed by atoms with Gasteiger partial charge >= 0.3 is 0 Å². The number of ether oxygens (including phenoxy) is 2. The monoisotopic (exact) mass is 266 g/mol. The van der Waals surface area contributed by atoms with Crippen molar-refractivity contribution in [3.63, 3.8) is 0 Å². The molecule has 0 heterocycles. The minimum absolute atomic E-state index is 0.245. The Balaban J connectivity index is 2.85. The van der Waals surface area contributed by atoms with E-state index in [0.717, 1.165) is 12.1 Å². The maximum Gasteiger partial charge on any atom is 0.223 e. The van der Waals surface area contributed by atoms with Crippen molar-refractivity contribution in [1.82, 2.24) is 5.32 Å². The van der Waals surface area contributed by atoms with Crippen molar-refractivity contribution in [2.45, 2.75) is 20.4 Å². The van der Waals surface area contributed by atoms with E-state index in [9.17, 15) is 4.79 Å². The van der Waals surface area contributed by atoms with Crippen molar-refractivity contribution in [2.24, 2.45) is 11.7 Å². The van der Waals surface area contributed by atoms with Gasteiger partial charge < -0.3 is 20.5 Å². The highest BCUT2D eigenvalue weighted by molar-refractivity contribution is 5.76. The van der Waals surface area contributed by atoms with Crippen LogP contribution in [0.25, 0.3) is 0 Å². The molecule has 1 aromatic rings. The van der Waals surface area contributed by atoms with Gasteiger partial charge in [0.2, 0.25) is 5.91 Å². The van der Waals surface area contributed by atoms with Crippen LogP contribution in [0.15, 0.2) is 18.2 Å². The Morgan fingerprint density at radius 2 is 2.21 bits per heavy atom. The summed E-state index contributed by atoms with van der Waals surface area (Å²) in [7, 11) is 1.59. The lowest BCUT2D eigenvalue weighted by Gasteiger charge is -2.16. The number of carbonyl (C=O) groups is 1. The van der Waals surface area contributed by atoms with Crippen molar-refractivity contribution >= 4 is 5.91 Å². The number of nitrogens with one attached hydrogen (secondary N) is 1. The molecular formula is C14H22N2O3. The lowest BCUT2D eigenvalue weighted by Crippen LogP contribution is -2.26. The summed E-state index contributed by atoms with van der Waals surface area (Å²) in [5.41, 5.74) is 6.22. The van der Waals surface area contributed by atoms with E-state index in [1.807, 2.05) is 25.1 Å². The Morgan fingerprint density at radius 1 is 1.47 bits per heavy atom. The van der Waals surface area contributed by atoms with E-state index >= 15 is 0 Å². The molecule has 0 aliphatic carbocycles. The number of hydrogen-bond donors (Lipinski definition) is 2. The average Bonchev–Trinajstić information content (AvgIpc) is 2.42. The molecule has 1 amide bonds. The first-order valence-corrected chi connectivity index (χ1v) is 6.38. The van der Waals surface area contributed by atoms with Crippen LogP contribution in [0.4, 0.5) is 0 Å². The number of amides is 1. The second kappa shape index (κ2) is 7.63. The van der Waals surface area contributed by atoms with E-state index in [4.69, 9.17) is 15.2 Å². The normalized spacial score (nSPS) is 11.9. The van der Waals surface area contributed by atoms with Gasteiger partial charge in [-0.3, -0.25) is 4.79 Å².